The van der Waals surface area contributed by atoms with Gasteiger partial charge in [-0.1, -0.05) is 12.8 Å². The molecule has 0 unspecified atom stereocenters. The Morgan fingerprint density at radius 2 is 2.00 bits per heavy atom. The molecule has 0 radical (unpaired) electrons. The predicted molar refractivity (Wildman–Crippen MR) is 72.3 cm³/mol. The van der Waals surface area contributed by atoms with E-state index in [4.69, 9.17) is 0 Å². The van der Waals surface area contributed by atoms with Crippen LogP contribution in [-0.4, -0.2) is 6.04 Å². The highest BCUT2D eigenvalue weighted by Gasteiger charge is 2.22. The molecule has 1 saturated carbocycles. The van der Waals surface area contributed by atoms with Gasteiger partial charge in [0.05, 0.1) is 4.47 Å². The zero-order chi connectivity index (χ0) is 13.1. The van der Waals surface area contributed by atoms with Crippen LogP contribution in [-0.2, 0) is 6.54 Å². The second-order valence-corrected chi connectivity index (χ2v) is 5.89. The lowest BCUT2D eigenvalue weighted by molar-refractivity contribution is 0.374. The van der Waals surface area contributed by atoms with Crippen LogP contribution in [0.4, 0.5) is 8.78 Å². The molecule has 1 atom stereocenters. The molecule has 0 bridgehead atoms. The van der Waals surface area contributed by atoms with Crippen molar-refractivity contribution in [1.82, 2.24) is 5.32 Å². The molecule has 0 saturated heterocycles. The molecule has 2 rings (SSSR count). The van der Waals surface area contributed by atoms with Gasteiger partial charge in [0.1, 0.15) is 11.6 Å². The average molecular weight is 318 g/mol. The molecule has 1 N–H and O–H groups in total. The summed E-state index contributed by atoms with van der Waals surface area (Å²) in [7, 11) is 0. The first kappa shape index (κ1) is 13.9. The SMILES string of the molecule is C[C@@H](NCc1c(F)ccc(Br)c1F)C1CCCC1. The molecular weight excluding hydrogens is 300 g/mol. The molecule has 0 spiro atoms. The molecule has 1 aliphatic rings. The summed E-state index contributed by atoms with van der Waals surface area (Å²) in [5.41, 5.74) is 0.120. The van der Waals surface area contributed by atoms with Crippen LogP contribution in [0.15, 0.2) is 16.6 Å². The maximum atomic E-state index is 13.8. The zero-order valence-corrected chi connectivity index (χ0v) is 12.1. The molecule has 4 heteroatoms. The van der Waals surface area contributed by atoms with Gasteiger partial charge in [0.15, 0.2) is 0 Å². The van der Waals surface area contributed by atoms with Gasteiger partial charge in [0.25, 0.3) is 0 Å². The van der Waals surface area contributed by atoms with E-state index >= 15 is 0 Å². The number of halogens is 3. The van der Waals surface area contributed by atoms with Gasteiger partial charge in [-0.25, -0.2) is 8.78 Å². The van der Waals surface area contributed by atoms with E-state index in [9.17, 15) is 8.78 Å². The van der Waals surface area contributed by atoms with Crippen molar-refractivity contribution < 1.29 is 8.78 Å². The van der Waals surface area contributed by atoms with Crippen molar-refractivity contribution in [3.05, 3.63) is 33.8 Å². The van der Waals surface area contributed by atoms with Gasteiger partial charge in [-0.3, -0.25) is 0 Å². The van der Waals surface area contributed by atoms with Crippen LogP contribution in [0.5, 0.6) is 0 Å². The van der Waals surface area contributed by atoms with Gasteiger partial charge < -0.3 is 5.32 Å². The Balaban J connectivity index is 1.99. The van der Waals surface area contributed by atoms with Gasteiger partial charge in [-0.2, -0.15) is 0 Å². The van der Waals surface area contributed by atoms with E-state index in [2.05, 4.69) is 28.2 Å². The molecule has 1 aromatic carbocycles. The highest BCUT2D eigenvalue weighted by atomic mass is 79.9. The Hall–Kier alpha value is -0.480. The van der Waals surface area contributed by atoms with E-state index in [0.717, 1.165) is 0 Å². The molecule has 100 valence electrons. The van der Waals surface area contributed by atoms with Crippen LogP contribution in [0.3, 0.4) is 0 Å². The van der Waals surface area contributed by atoms with E-state index in [0.29, 0.717) is 16.4 Å². The van der Waals surface area contributed by atoms with Gasteiger partial charge in [0, 0.05) is 18.2 Å². The molecule has 0 amide bonds. The summed E-state index contributed by atoms with van der Waals surface area (Å²) >= 11 is 3.08. The van der Waals surface area contributed by atoms with Gasteiger partial charge in [0.2, 0.25) is 0 Å². The van der Waals surface area contributed by atoms with Crippen molar-refractivity contribution in [2.24, 2.45) is 5.92 Å². The monoisotopic (exact) mass is 317 g/mol. The first-order valence-corrected chi connectivity index (χ1v) is 7.24. The topological polar surface area (TPSA) is 12.0 Å². The normalized spacial score (nSPS) is 18.2. The predicted octanol–water partition coefficient (Wildman–Crippen LogP) is 4.40. The van der Waals surface area contributed by atoms with Crippen LogP contribution in [0.25, 0.3) is 0 Å². The van der Waals surface area contributed by atoms with Crippen molar-refractivity contribution in [2.45, 2.75) is 45.2 Å². The summed E-state index contributed by atoms with van der Waals surface area (Å²) in [5.74, 6) is -0.341. The quantitative estimate of drug-likeness (QED) is 0.812. The van der Waals surface area contributed by atoms with Gasteiger partial charge in [-0.05, 0) is 53.7 Å². The Morgan fingerprint density at radius 1 is 1.33 bits per heavy atom. The number of hydrogen-bond acceptors (Lipinski definition) is 1. The summed E-state index contributed by atoms with van der Waals surface area (Å²) in [5, 5.41) is 3.25. The zero-order valence-electron chi connectivity index (χ0n) is 10.5. The van der Waals surface area contributed by atoms with Crippen molar-refractivity contribution in [3.63, 3.8) is 0 Å². The molecule has 1 aromatic rings. The van der Waals surface area contributed by atoms with Crippen LogP contribution in [0.2, 0.25) is 0 Å². The summed E-state index contributed by atoms with van der Waals surface area (Å²) in [4.78, 5) is 0. The fourth-order valence-corrected chi connectivity index (χ4v) is 2.99. The van der Waals surface area contributed by atoms with Crippen molar-refractivity contribution >= 4 is 15.9 Å². The lowest BCUT2D eigenvalue weighted by atomic mass is 9.99. The van der Waals surface area contributed by atoms with Crippen molar-refractivity contribution in [2.75, 3.05) is 0 Å². The number of rotatable bonds is 4. The molecule has 1 fully saturated rings. The molecular formula is C14H18BrF2N. The van der Waals surface area contributed by atoms with Crippen molar-refractivity contribution in [3.8, 4) is 0 Å². The average Bonchev–Trinajstić information content (AvgIpc) is 2.87. The molecule has 0 heterocycles. The Morgan fingerprint density at radius 3 is 2.67 bits per heavy atom. The van der Waals surface area contributed by atoms with Crippen LogP contribution < -0.4 is 5.32 Å². The fraction of sp³-hybridized carbons (Fsp3) is 0.571. The Labute approximate surface area is 115 Å². The van der Waals surface area contributed by atoms with E-state index in [1.54, 1.807) is 0 Å². The maximum absolute atomic E-state index is 13.8. The second-order valence-electron chi connectivity index (χ2n) is 5.04. The summed E-state index contributed by atoms with van der Waals surface area (Å²) in [6.45, 7) is 2.35. The summed E-state index contributed by atoms with van der Waals surface area (Å²) in [6, 6.07) is 3.00. The van der Waals surface area contributed by atoms with Crippen molar-refractivity contribution in [1.29, 1.82) is 0 Å². The lowest BCUT2D eigenvalue weighted by Crippen LogP contribution is -2.32. The Kier molecular flexibility index (Phi) is 4.73. The molecule has 18 heavy (non-hydrogen) atoms. The number of hydrogen-bond donors (Lipinski definition) is 1. The van der Waals surface area contributed by atoms with E-state index < -0.39 is 11.6 Å². The minimum atomic E-state index is -0.499. The van der Waals surface area contributed by atoms with Gasteiger partial charge in [-0.15, -0.1) is 0 Å². The molecule has 0 aromatic heterocycles. The largest absolute Gasteiger partial charge is 0.310 e. The molecule has 1 aliphatic carbocycles. The summed E-state index contributed by atoms with van der Waals surface area (Å²) in [6.07, 6.45) is 4.99. The van der Waals surface area contributed by atoms with Crippen LogP contribution in [0, 0.1) is 17.6 Å². The van der Waals surface area contributed by atoms with E-state index in [1.165, 1.54) is 37.8 Å². The first-order chi connectivity index (χ1) is 8.59. The van der Waals surface area contributed by atoms with E-state index in [1.807, 2.05) is 0 Å². The van der Waals surface area contributed by atoms with E-state index in [-0.39, 0.29) is 12.1 Å². The minimum absolute atomic E-state index is 0.120. The van der Waals surface area contributed by atoms with Crippen LogP contribution in [0.1, 0.15) is 38.2 Å². The molecule has 0 aliphatic heterocycles. The molecule has 1 nitrogen and oxygen atoms in total. The number of benzene rings is 1. The van der Waals surface area contributed by atoms with Gasteiger partial charge >= 0.3 is 0 Å². The van der Waals surface area contributed by atoms with Crippen LogP contribution >= 0.6 is 15.9 Å². The standard InChI is InChI=1S/C14H18BrF2N/c1-9(10-4-2-3-5-10)18-8-11-13(16)7-6-12(15)14(11)17/h6-7,9-10,18H,2-5,8H2,1H3/t9-/m1/s1. The highest BCUT2D eigenvalue weighted by molar-refractivity contribution is 9.10. The number of nitrogens with one attached hydrogen (secondary N) is 1. The lowest BCUT2D eigenvalue weighted by Gasteiger charge is -2.20. The minimum Gasteiger partial charge on any atom is -0.310 e. The third-order valence-electron chi connectivity index (χ3n) is 3.85. The smallest absolute Gasteiger partial charge is 0.144 e. The Bertz CT molecular complexity index is 417. The first-order valence-electron chi connectivity index (χ1n) is 6.45. The second kappa shape index (κ2) is 6.11. The fourth-order valence-electron chi connectivity index (χ4n) is 2.62. The maximum Gasteiger partial charge on any atom is 0.144 e. The third kappa shape index (κ3) is 3.09. The third-order valence-corrected chi connectivity index (χ3v) is 4.46. The highest BCUT2D eigenvalue weighted by Crippen LogP contribution is 2.28. The summed E-state index contributed by atoms with van der Waals surface area (Å²) < 4.78 is 27.6.